The molecule has 10 heteroatoms. The summed E-state index contributed by atoms with van der Waals surface area (Å²) in [7, 11) is 0. The molecule has 7 nitrogen and oxygen atoms in total. The topological polar surface area (TPSA) is 84.3 Å². The average Bonchev–Trinajstić information content (AvgIpc) is 3.27. The lowest BCUT2D eigenvalue weighted by Gasteiger charge is -2.13. The predicted octanol–water partition coefficient (Wildman–Crippen LogP) is 2.99. The molecule has 2 heterocycles. The smallest absolute Gasteiger partial charge is 0.293 e. The highest BCUT2D eigenvalue weighted by atomic mass is 32.2. The molecule has 1 aliphatic heterocycles. The average molecular weight is 435 g/mol. The summed E-state index contributed by atoms with van der Waals surface area (Å²) >= 11 is 2.08. The van der Waals surface area contributed by atoms with E-state index in [4.69, 9.17) is 0 Å². The van der Waals surface area contributed by atoms with E-state index < -0.39 is 17.0 Å². The number of amides is 3. The van der Waals surface area contributed by atoms with Gasteiger partial charge < -0.3 is 9.88 Å². The molecule has 1 aromatic carbocycles. The molecule has 0 unspecified atom stereocenters. The number of imidazole rings is 1. The first-order chi connectivity index (χ1) is 14.0. The van der Waals surface area contributed by atoms with Crippen LogP contribution in [-0.2, 0) is 16.1 Å². The predicted molar refractivity (Wildman–Crippen MR) is 111 cm³/mol. The number of benzene rings is 1. The van der Waals surface area contributed by atoms with E-state index in [-0.39, 0.29) is 35.2 Å². The highest BCUT2D eigenvalue weighted by molar-refractivity contribution is 8.18. The van der Waals surface area contributed by atoms with Gasteiger partial charge in [0, 0.05) is 37.6 Å². The van der Waals surface area contributed by atoms with Crippen LogP contribution in [-0.4, -0.2) is 50.3 Å². The minimum absolute atomic E-state index is 0.0548. The Kier molecular flexibility index (Phi) is 7.10. The lowest BCUT2D eigenvalue weighted by molar-refractivity contribution is -0.123. The summed E-state index contributed by atoms with van der Waals surface area (Å²) in [6.07, 6.45) is 4.89. The van der Waals surface area contributed by atoms with Crippen molar-refractivity contribution >= 4 is 46.7 Å². The second-order valence-corrected chi connectivity index (χ2v) is 7.93. The maximum absolute atomic E-state index is 13.8. The van der Waals surface area contributed by atoms with E-state index in [9.17, 15) is 18.8 Å². The minimum atomic E-state index is -0.489. The van der Waals surface area contributed by atoms with Gasteiger partial charge in [-0.05, 0) is 30.8 Å². The highest BCUT2D eigenvalue weighted by Gasteiger charge is 2.34. The Labute approximate surface area is 175 Å². The van der Waals surface area contributed by atoms with Crippen molar-refractivity contribution in [3.8, 4) is 0 Å². The number of halogens is 1. The fourth-order valence-electron chi connectivity index (χ4n) is 2.59. The van der Waals surface area contributed by atoms with Gasteiger partial charge in [0.15, 0.2) is 5.16 Å². The zero-order valence-electron chi connectivity index (χ0n) is 15.6. The number of hydrogen-bond donors (Lipinski definition) is 1. The van der Waals surface area contributed by atoms with Gasteiger partial charge in [0.2, 0.25) is 5.91 Å². The molecule has 0 radical (unpaired) electrons. The Balaban J connectivity index is 1.49. The Morgan fingerprint density at radius 2 is 2.14 bits per heavy atom. The van der Waals surface area contributed by atoms with Crippen molar-refractivity contribution < 1.29 is 18.8 Å². The molecule has 0 saturated carbocycles. The molecule has 3 amide bonds. The maximum atomic E-state index is 13.8. The highest BCUT2D eigenvalue weighted by Crippen LogP contribution is 2.32. The molecule has 1 N–H and O–H groups in total. The standard InChI is InChI=1S/C19H19FN4O3S2/c1-2-23-9-7-22-18(23)28-12-16(25)21-8-10-24-17(26)15(29-19(24)27)11-13-5-3-4-6-14(13)20/h3-7,9,11H,2,8,10,12H2,1H3,(H,21,25)/b15-11-. The van der Waals surface area contributed by atoms with Crippen molar-refractivity contribution in [1.29, 1.82) is 0 Å². The molecule has 29 heavy (non-hydrogen) atoms. The Morgan fingerprint density at radius 1 is 1.34 bits per heavy atom. The molecule has 0 aliphatic carbocycles. The lowest BCUT2D eigenvalue weighted by Crippen LogP contribution is -2.37. The SMILES string of the molecule is CCn1ccnc1SCC(=O)NCCN1C(=O)S/C(=C\c2ccccc2F)C1=O. The van der Waals surface area contributed by atoms with Crippen LogP contribution >= 0.6 is 23.5 Å². The minimum Gasteiger partial charge on any atom is -0.354 e. The zero-order valence-corrected chi connectivity index (χ0v) is 17.3. The Hall–Kier alpha value is -2.59. The van der Waals surface area contributed by atoms with Gasteiger partial charge in [0.05, 0.1) is 10.7 Å². The van der Waals surface area contributed by atoms with Crippen molar-refractivity contribution in [2.45, 2.75) is 18.6 Å². The van der Waals surface area contributed by atoms with Crippen molar-refractivity contribution in [1.82, 2.24) is 19.8 Å². The molecule has 1 aliphatic rings. The van der Waals surface area contributed by atoms with Crippen LogP contribution in [0.5, 0.6) is 0 Å². The van der Waals surface area contributed by atoms with Crippen LogP contribution in [0.2, 0.25) is 0 Å². The monoisotopic (exact) mass is 434 g/mol. The third kappa shape index (κ3) is 5.27. The van der Waals surface area contributed by atoms with Gasteiger partial charge in [-0.25, -0.2) is 9.37 Å². The summed E-state index contributed by atoms with van der Waals surface area (Å²) in [5.41, 5.74) is 0.244. The number of nitrogens with zero attached hydrogens (tertiary/aromatic N) is 3. The van der Waals surface area contributed by atoms with E-state index in [1.165, 1.54) is 30.0 Å². The van der Waals surface area contributed by atoms with Crippen LogP contribution in [0.25, 0.3) is 6.08 Å². The van der Waals surface area contributed by atoms with Crippen LogP contribution < -0.4 is 5.32 Å². The van der Waals surface area contributed by atoms with Crippen molar-refractivity contribution in [3.63, 3.8) is 0 Å². The van der Waals surface area contributed by atoms with E-state index in [0.29, 0.717) is 0 Å². The number of carbonyl (C=O) groups excluding carboxylic acids is 3. The lowest BCUT2D eigenvalue weighted by atomic mass is 10.2. The fraction of sp³-hybridized carbons (Fsp3) is 0.263. The third-order valence-corrected chi connectivity index (χ3v) is 5.99. The second kappa shape index (κ2) is 9.75. The molecule has 0 spiro atoms. The molecule has 0 bridgehead atoms. The Bertz CT molecular complexity index is 960. The summed E-state index contributed by atoms with van der Waals surface area (Å²) in [5, 5.41) is 3.01. The summed E-state index contributed by atoms with van der Waals surface area (Å²) in [6, 6.07) is 6.02. The van der Waals surface area contributed by atoms with Gasteiger partial charge in [-0.15, -0.1) is 0 Å². The molecule has 1 fully saturated rings. The van der Waals surface area contributed by atoms with Crippen molar-refractivity contribution in [2.24, 2.45) is 0 Å². The number of rotatable bonds is 8. The van der Waals surface area contributed by atoms with Crippen molar-refractivity contribution in [3.05, 3.63) is 52.9 Å². The quantitative estimate of drug-likeness (QED) is 0.508. The van der Waals surface area contributed by atoms with Gasteiger partial charge in [-0.2, -0.15) is 0 Å². The number of aromatic nitrogens is 2. The molecular weight excluding hydrogens is 415 g/mol. The van der Waals surface area contributed by atoms with E-state index in [2.05, 4.69) is 10.3 Å². The number of hydrogen-bond acceptors (Lipinski definition) is 6. The third-order valence-electron chi connectivity index (χ3n) is 4.07. The fourth-order valence-corrected chi connectivity index (χ4v) is 4.30. The van der Waals surface area contributed by atoms with E-state index in [1.54, 1.807) is 18.3 Å². The molecule has 2 aromatic rings. The van der Waals surface area contributed by atoms with Gasteiger partial charge in [0.25, 0.3) is 11.1 Å². The normalized spacial score (nSPS) is 15.4. The molecule has 1 aromatic heterocycles. The largest absolute Gasteiger partial charge is 0.354 e. The van der Waals surface area contributed by atoms with Gasteiger partial charge in [-0.3, -0.25) is 19.3 Å². The number of thioether (sulfide) groups is 2. The van der Waals surface area contributed by atoms with Crippen LogP contribution in [0.4, 0.5) is 9.18 Å². The first-order valence-corrected chi connectivity index (χ1v) is 10.7. The Morgan fingerprint density at radius 3 is 2.90 bits per heavy atom. The van der Waals surface area contributed by atoms with Crippen molar-refractivity contribution in [2.75, 3.05) is 18.8 Å². The van der Waals surface area contributed by atoms with Gasteiger partial charge in [-0.1, -0.05) is 30.0 Å². The van der Waals surface area contributed by atoms with E-state index >= 15 is 0 Å². The second-order valence-electron chi connectivity index (χ2n) is 5.99. The molecular formula is C19H19FN4O3S2. The molecule has 152 valence electrons. The summed E-state index contributed by atoms with van der Waals surface area (Å²) < 4.78 is 15.7. The maximum Gasteiger partial charge on any atom is 0.293 e. The van der Waals surface area contributed by atoms with Gasteiger partial charge >= 0.3 is 0 Å². The van der Waals surface area contributed by atoms with Crippen LogP contribution in [0, 0.1) is 5.82 Å². The number of nitrogens with one attached hydrogen (secondary N) is 1. The summed E-state index contributed by atoms with van der Waals surface area (Å²) in [5.74, 6) is -0.981. The zero-order chi connectivity index (χ0) is 20.8. The van der Waals surface area contributed by atoms with E-state index in [1.807, 2.05) is 17.7 Å². The van der Waals surface area contributed by atoms with Crippen LogP contribution in [0.15, 0.2) is 46.7 Å². The molecule has 3 rings (SSSR count). The van der Waals surface area contributed by atoms with Gasteiger partial charge in [0.1, 0.15) is 5.82 Å². The van der Waals surface area contributed by atoms with E-state index in [0.717, 1.165) is 28.4 Å². The molecule has 0 atom stereocenters. The first kappa shape index (κ1) is 21.1. The summed E-state index contributed by atoms with van der Waals surface area (Å²) in [6.45, 7) is 2.96. The molecule has 1 saturated heterocycles. The van der Waals surface area contributed by atoms with Crippen LogP contribution in [0.3, 0.4) is 0 Å². The first-order valence-electron chi connectivity index (χ1n) is 8.90. The number of imide groups is 1. The van der Waals surface area contributed by atoms with Crippen LogP contribution in [0.1, 0.15) is 12.5 Å². The number of aryl methyl sites for hydroxylation is 1. The number of carbonyl (C=O) groups is 3. The summed E-state index contributed by atoms with van der Waals surface area (Å²) in [4.78, 5) is 41.9.